The van der Waals surface area contributed by atoms with E-state index in [1.165, 1.54) is 32.1 Å². The Hall–Kier alpha value is -0.940. The predicted octanol–water partition coefficient (Wildman–Crippen LogP) is 1.18. The van der Waals surface area contributed by atoms with E-state index in [0.717, 1.165) is 12.2 Å². The molecule has 1 aliphatic heterocycles. The molecule has 17 heavy (non-hydrogen) atoms. The van der Waals surface area contributed by atoms with Gasteiger partial charge < -0.3 is 15.0 Å². The Morgan fingerprint density at radius 1 is 1.29 bits per heavy atom. The minimum absolute atomic E-state index is 0.175. The van der Waals surface area contributed by atoms with Crippen LogP contribution in [0.2, 0.25) is 0 Å². The number of aliphatic hydroxyl groups is 1. The van der Waals surface area contributed by atoms with Crippen molar-refractivity contribution in [1.82, 2.24) is 20.1 Å². The van der Waals surface area contributed by atoms with E-state index in [4.69, 9.17) is 0 Å². The fraction of sp³-hybridized carbons (Fsp3) is 0.833. The van der Waals surface area contributed by atoms with Gasteiger partial charge in [-0.05, 0) is 19.3 Å². The molecule has 0 unspecified atom stereocenters. The van der Waals surface area contributed by atoms with Crippen molar-refractivity contribution < 1.29 is 5.11 Å². The maximum absolute atomic E-state index is 9.58. The van der Waals surface area contributed by atoms with Crippen molar-refractivity contribution >= 4 is 0 Å². The van der Waals surface area contributed by atoms with E-state index in [-0.39, 0.29) is 12.1 Å². The predicted molar refractivity (Wildman–Crippen MR) is 63.5 cm³/mol. The number of aromatic nitrogens is 3. The Morgan fingerprint density at radius 3 is 2.82 bits per heavy atom. The SMILES string of the molecule is O[C@H]1CN[C@H](c2nncn2C2CCCCC2)C1. The van der Waals surface area contributed by atoms with E-state index < -0.39 is 0 Å². The topological polar surface area (TPSA) is 63.0 Å². The Kier molecular flexibility index (Phi) is 3.11. The highest BCUT2D eigenvalue weighted by Gasteiger charge is 2.29. The number of aliphatic hydroxyl groups excluding tert-OH is 1. The first-order valence-electron chi connectivity index (χ1n) is 6.65. The largest absolute Gasteiger partial charge is 0.392 e. The van der Waals surface area contributed by atoms with Crippen molar-refractivity contribution in [2.24, 2.45) is 0 Å². The van der Waals surface area contributed by atoms with Gasteiger partial charge in [0.25, 0.3) is 0 Å². The highest BCUT2D eigenvalue weighted by Crippen LogP contribution is 2.31. The number of β-amino-alcohol motifs (C(OH)–C–C–N with tert-alkyl or cyclic N) is 1. The van der Waals surface area contributed by atoms with E-state index in [1.807, 2.05) is 6.33 Å². The van der Waals surface area contributed by atoms with Gasteiger partial charge in [-0.1, -0.05) is 19.3 Å². The lowest BCUT2D eigenvalue weighted by atomic mass is 9.95. The summed E-state index contributed by atoms with van der Waals surface area (Å²) in [6.45, 7) is 0.669. The average molecular weight is 236 g/mol. The standard InChI is InChI=1S/C12H20N4O/c17-10-6-11(13-7-10)12-15-14-8-16(12)9-4-2-1-3-5-9/h8-11,13,17H,1-7H2/t10-,11+/m1/s1. The molecule has 0 aromatic carbocycles. The molecule has 5 nitrogen and oxygen atoms in total. The van der Waals surface area contributed by atoms with E-state index in [2.05, 4.69) is 20.1 Å². The van der Waals surface area contributed by atoms with Gasteiger partial charge in [-0.2, -0.15) is 0 Å². The lowest BCUT2D eigenvalue weighted by molar-refractivity contribution is 0.192. The number of hydrogen-bond acceptors (Lipinski definition) is 4. The maximum atomic E-state index is 9.58. The van der Waals surface area contributed by atoms with Crippen LogP contribution in [0.5, 0.6) is 0 Å². The molecule has 0 radical (unpaired) electrons. The molecular weight excluding hydrogens is 216 g/mol. The molecule has 1 saturated carbocycles. The van der Waals surface area contributed by atoms with Gasteiger partial charge in [0.1, 0.15) is 12.2 Å². The molecule has 1 aromatic rings. The van der Waals surface area contributed by atoms with Crippen LogP contribution in [0.4, 0.5) is 0 Å². The summed E-state index contributed by atoms with van der Waals surface area (Å²) in [5, 5.41) is 21.2. The Labute approximate surface area is 101 Å². The highest BCUT2D eigenvalue weighted by molar-refractivity contribution is 5.01. The second-order valence-corrected chi connectivity index (χ2v) is 5.24. The molecule has 94 valence electrons. The second-order valence-electron chi connectivity index (χ2n) is 5.24. The summed E-state index contributed by atoms with van der Waals surface area (Å²) in [6, 6.07) is 0.739. The van der Waals surface area contributed by atoms with Gasteiger partial charge in [0.15, 0.2) is 0 Å². The van der Waals surface area contributed by atoms with Gasteiger partial charge in [-0.25, -0.2) is 0 Å². The van der Waals surface area contributed by atoms with Crippen LogP contribution in [0.15, 0.2) is 6.33 Å². The first kappa shape index (κ1) is 11.2. The van der Waals surface area contributed by atoms with Crippen LogP contribution < -0.4 is 5.32 Å². The molecule has 1 aromatic heterocycles. The Morgan fingerprint density at radius 2 is 2.12 bits per heavy atom. The molecule has 0 amide bonds. The highest BCUT2D eigenvalue weighted by atomic mass is 16.3. The minimum atomic E-state index is -0.239. The normalized spacial score (nSPS) is 30.9. The first-order chi connectivity index (χ1) is 8.34. The molecule has 0 spiro atoms. The van der Waals surface area contributed by atoms with Crippen molar-refractivity contribution in [1.29, 1.82) is 0 Å². The minimum Gasteiger partial charge on any atom is -0.392 e. The van der Waals surface area contributed by atoms with Crippen molar-refractivity contribution in [2.45, 2.75) is 56.7 Å². The van der Waals surface area contributed by atoms with Crippen LogP contribution in [-0.2, 0) is 0 Å². The molecule has 1 aliphatic carbocycles. The van der Waals surface area contributed by atoms with Crippen molar-refractivity contribution in [3.05, 3.63) is 12.2 Å². The van der Waals surface area contributed by atoms with E-state index in [1.54, 1.807) is 0 Å². The van der Waals surface area contributed by atoms with E-state index in [0.29, 0.717) is 12.6 Å². The van der Waals surface area contributed by atoms with Gasteiger partial charge in [-0.3, -0.25) is 0 Å². The van der Waals surface area contributed by atoms with E-state index in [9.17, 15) is 5.11 Å². The summed E-state index contributed by atoms with van der Waals surface area (Å²) >= 11 is 0. The first-order valence-corrected chi connectivity index (χ1v) is 6.65. The van der Waals surface area contributed by atoms with Gasteiger partial charge in [0, 0.05) is 12.6 Å². The molecule has 1 saturated heterocycles. The summed E-state index contributed by atoms with van der Waals surface area (Å²) in [4.78, 5) is 0. The van der Waals surface area contributed by atoms with E-state index >= 15 is 0 Å². The quantitative estimate of drug-likeness (QED) is 0.809. The number of nitrogens with one attached hydrogen (secondary N) is 1. The smallest absolute Gasteiger partial charge is 0.150 e. The van der Waals surface area contributed by atoms with Crippen molar-refractivity contribution in [3.8, 4) is 0 Å². The monoisotopic (exact) mass is 236 g/mol. The fourth-order valence-electron chi connectivity index (χ4n) is 3.06. The van der Waals surface area contributed by atoms with Gasteiger partial charge >= 0.3 is 0 Å². The summed E-state index contributed by atoms with van der Waals surface area (Å²) in [7, 11) is 0. The van der Waals surface area contributed by atoms with Crippen molar-refractivity contribution in [3.63, 3.8) is 0 Å². The zero-order valence-corrected chi connectivity index (χ0v) is 10.0. The maximum Gasteiger partial charge on any atom is 0.150 e. The number of rotatable bonds is 2. The van der Waals surface area contributed by atoms with Crippen LogP contribution in [0.1, 0.15) is 56.4 Å². The summed E-state index contributed by atoms with van der Waals surface area (Å²) in [5.74, 6) is 1.01. The molecular formula is C12H20N4O. The molecule has 2 heterocycles. The number of hydrogen-bond donors (Lipinski definition) is 2. The van der Waals surface area contributed by atoms with Crippen LogP contribution in [0.25, 0.3) is 0 Å². The molecule has 2 N–H and O–H groups in total. The molecule has 2 aliphatic rings. The summed E-state index contributed by atoms with van der Waals surface area (Å²) < 4.78 is 2.23. The van der Waals surface area contributed by atoms with Gasteiger partial charge in [0.2, 0.25) is 0 Å². The summed E-state index contributed by atoms with van der Waals surface area (Å²) in [6.07, 6.45) is 8.82. The van der Waals surface area contributed by atoms with Crippen LogP contribution in [-0.4, -0.2) is 32.5 Å². The molecule has 2 atom stereocenters. The lowest BCUT2D eigenvalue weighted by Crippen LogP contribution is -2.21. The molecule has 2 fully saturated rings. The fourth-order valence-corrected chi connectivity index (χ4v) is 3.06. The van der Waals surface area contributed by atoms with Gasteiger partial charge in [-0.15, -0.1) is 10.2 Å². The lowest BCUT2D eigenvalue weighted by Gasteiger charge is -2.25. The third kappa shape index (κ3) is 2.21. The average Bonchev–Trinajstić information content (AvgIpc) is 2.98. The second kappa shape index (κ2) is 4.74. The van der Waals surface area contributed by atoms with Crippen LogP contribution in [0, 0.1) is 0 Å². The zero-order chi connectivity index (χ0) is 11.7. The third-order valence-corrected chi connectivity index (χ3v) is 3.99. The molecule has 0 bridgehead atoms. The van der Waals surface area contributed by atoms with Crippen molar-refractivity contribution in [2.75, 3.05) is 6.54 Å². The zero-order valence-electron chi connectivity index (χ0n) is 10.0. The van der Waals surface area contributed by atoms with Crippen LogP contribution >= 0.6 is 0 Å². The molecule has 5 heteroatoms. The number of nitrogens with zero attached hydrogens (tertiary/aromatic N) is 3. The Balaban J connectivity index is 1.78. The summed E-state index contributed by atoms with van der Waals surface area (Å²) in [5.41, 5.74) is 0. The Bertz CT molecular complexity index is 353. The van der Waals surface area contributed by atoms with Crippen LogP contribution in [0.3, 0.4) is 0 Å². The van der Waals surface area contributed by atoms with Gasteiger partial charge in [0.05, 0.1) is 12.1 Å². The molecule has 3 rings (SSSR count). The third-order valence-electron chi connectivity index (χ3n) is 3.99.